The van der Waals surface area contributed by atoms with Crippen LogP contribution in [-0.2, 0) is 4.79 Å². The Labute approximate surface area is 93.0 Å². The standard InChI is InChI=1S/C12H25NO2/c1-10(12(14)15)8-6-4-3-5-7-9-11(2)13/h10-11H,3-9,13H2,1-2H3,(H,14,15). The molecule has 3 nitrogen and oxygen atoms in total. The summed E-state index contributed by atoms with van der Waals surface area (Å²) in [6.07, 6.45) is 7.73. The van der Waals surface area contributed by atoms with Crippen LogP contribution in [0.25, 0.3) is 0 Å². The van der Waals surface area contributed by atoms with Crippen LogP contribution in [0.3, 0.4) is 0 Å². The van der Waals surface area contributed by atoms with E-state index in [0.717, 1.165) is 25.7 Å². The molecule has 0 spiro atoms. The molecule has 3 N–H and O–H groups in total. The highest BCUT2D eigenvalue weighted by Crippen LogP contribution is 2.12. The Morgan fingerprint density at radius 1 is 1.07 bits per heavy atom. The topological polar surface area (TPSA) is 63.3 Å². The van der Waals surface area contributed by atoms with Crippen molar-refractivity contribution in [3.63, 3.8) is 0 Å². The first-order chi connectivity index (χ1) is 7.04. The molecule has 0 heterocycles. The monoisotopic (exact) mass is 215 g/mol. The number of carbonyl (C=O) groups is 1. The minimum Gasteiger partial charge on any atom is -0.481 e. The summed E-state index contributed by atoms with van der Waals surface area (Å²) in [7, 11) is 0. The Morgan fingerprint density at radius 3 is 2.00 bits per heavy atom. The Bertz CT molecular complexity index is 169. The van der Waals surface area contributed by atoms with Gasteiger partial charge in [-0.15, -0.1) is 0 Å². The lowest BCUT2D eigenvalue weighted by Crippen LogP contribution is -2.13. The van der Waals surface area contributed by atoms with E-state index in [1.54, 1.807) is 6.92 Å². The number of carboxylic acid groups (broad SMARTS) is 1. The lowest BCUT2D eigenvalue weighted by molar-refractivity contribution is -0.141. The fourth-order valence-corrected chi connectivity index (χ4v) is 1.57. The van der Waals surface area contributed by atoms with Gasteiger partial charge in [0.2, 0.25) is 0 Å². The molecule has 90 valence electrons. The first-order valence-corrected chi connectivity index (χ1v) is 6.02. The van der Waals surface area contributed by atoms with Crippen LogP contribution in [0.2, 0.25) is 0 Å². The Hall–Kier alpha value is -0.570. The van der Waals surface area contributed by atoms with Gasteiger partial charge in [-0.3, -0.25) is 4.79 Å². The minimum atomic E-state index is -0.674. The van der Waals surface area contributed by atoms with E-state index >= 15 is 0 Å². The molecule has 0 rings (SSSR count). The SMILES string of the molecule is CC(N)CCCCCCCC(C)C(=O)O. The maximum absolute atomic E-state index is 10.5. The molecular weight excluding hydrogens is 190 g/mol. The highest BCUT2D eigenvalue weighted by atomic mass is 16.4. The summed E-state index contributed by atoms with van der Waals surface area (Å²) in [5, 5.41) is 8.67. The van der Waals surface area contributed by atoms with Crippen molar-refractivity contribution in [1.29, 1.82) is 0 Å². The lowest BCUT2D eigenvalue weighted by atomic mass is 10.0. The largest absolute Gasteiger partial charge is 0.481 e. The van der Waals surface area contributed by atoms with Gasteiger partial charge in [-0.1, -0.05) is 39.0 Å². The predicted octanol–water partition coefficient (Wildman–Crippen LogP) is 2.79. The highest BCUT2D eigenvalue weighted by molar-refractivity contribution is 5.69. The molecule has 0 bridgehead atoms. The smallest absolute Gasteiger partial charge is 0.306 e. The van der Waals surface area contributed by atoms with Crippen LogP contribution in [0.4, 0.5) is 0 Å². The third-order valence-corrected chi connectivity index (χ3v) is 2.72. The normalized spacial score (nSPS) is 14.9. The van der Waals surface area contributed by atoms with Crippen molar-refractivity contribution in [1.82, 2.24) is 0 Å². The van der Waals surface area contributed by atoms with Gasteiger partial charge in [0.05, 0.1) is 5.92 Å². The van der Waals surface area contributed by atoms with Crippen LogP contribution in [0, 0.1) is 5.92 Å². The van der Waals surface area contributed by atoms with E-state index in [0.29, 0.717) is 6.04 Å². The van der Waals surface area contributed by atoms with Crippen molar-refractivity contribution >= 4 is 5.97 Å². The Kier molecular flexibility index (Phi) is 8.38. The molecule has 0 saturated carbocycles. The molecule has 0 aromatic heterocycles. The Balaban J connectivity index is 3.15. The molecule has 0 radical (unpaired) electrons. The van der Waals surface area contributed by atoms with Crippen molar-refractivity contribution in [2.75, 3.05) is 0 Å². The third-order valence-electron chi connectivity index (χ3n) is 2.72. The van der Waals surface area contributed by atoms with Gasteiger partial charge in [-0.2, -0.15) is 0 Å². The zero-order chi connectivity index (χ0) is 11.7. The molecule has 0 fully saturated rings. The van der Waals surface area contributed by atoms with E-state index in [4.69, 9.17) is 10.8 Å². The van der Waals surface area contributed by atoms with Gasteiger partial charge < -0.3 is 10.8 Å². The van der Waals surface area contributed by atoms with Crippen molar-refractivity contribution in [2.45, 2.75) is 64.8 Å². The fourth-order valence-electron chi connectivity index (χ4n) is 1.57. The average Bonchev–Trinajstić information content (AvgIpc) is 2.15. The summed E-state index contributed by atoms with van der Waals surface area (Å²) in [4.78, 5) is 10.5. The van der Waals surface area contributed by atoms with Crippen LogP contribution in [-0.4, -0.2) is 17.1 Å². The summed E-state index contributed by atoms with van der Waals surface area (Å²) >= 11 is 0. The van der Waals surface area contributed by atoms with Crippen LogP contribution in [0.1, 0.15) is 58.8 Å². The molecule has 0 amide bonds. The molecule has 0 aliphatic heterocycles. The average molecular weight is 215 g/mol. The maximum Gasteiger partial charge on any atom is 0.306 e. The summed E-state index contributed by atoms with van der Waals surface area (Å²) in [6.45, 7) is 3.81. The number of hydrogen-bond acceptors (Lipinski definition) is 2. The second-order valence-corrected chi connectivity index (χ2v) is 4.56. The van der Waals surface area contributed by atoms with Gasteiger partial charge >= 0.3 is 5.97 Å². The van der Waals surface area contributed by atoms with E-state index in [9.17, 15) is 4.79 Å². The van der Waals surface area contributed by atoms with Crippen LogP contribution in [0.5, 0.6) is 0 Å². The van der Waals surface area contributed by atoms with E-state index in [-0.39, 0.29) is 5.92 Å². The first kappa shape index (κ1) is 14.4. The molecule has 0 aliphatic rings. The van der Waals surface area contributed by atoms with Crippen molar-refractivity contribution in [2.24, 2.45) is 11.7 Å². The van der Waals surface area contributed by atoms with E-state index < -0.39 is 5.97 Å². The third kappa shape index (κ3) is 9.73. The maximum atomic E-state index is 10.5. The summed E-state index contributed by atoms with van der Waals surface area (Å²) < 4.78 is 0. The second kappa shape index (κ2) is 8.72. The van der Waals surface area contributed by atoms with Crippen LogP contribution in [0.15, 0.2) is 0 Å². The van der Waals surface area contributed by atoms with Gasteiger partial charge in [0, 0.05) is 6.04 Å². The number of unbranched alkanes of at least 4 members (excludes halogenated alkanes) is 4. The van der Waals surface area contributed by atoms with Gasteiger partial charge in [-0.05, 0) is 19.8 Å². The zero-order valence-corrected chi connectivity index (χ0v) is 10.0. The van der Waals surface area contributed by atoms with Crippen molar-refractivity contribution in [3.05, 3.63) is 0 Å². The van der Waals surface area contributed by atoms with Gasteiger partial charge in [-0.25, -0.2) is 0 Å². The Morgan fingerprint density at radius 2 is 1.53 bits per heavy atom. The van der Waals surface area contributed by atoms with Crippen molar-refractivity contribution < 1.29 is 9.90 Å². The number of nitrogens with two attached hydrogens (primary N) is 1. The molecular formula is C12H25NO2. The van der Waals surface area contributed by atoms with E-state index in [1.165, 1.54) is 19.3 Å². The predicted molar refractivity (Wildman–Crippen MR) is 62.8 cm³/mol. The molecule has 0 saturated heterocycles. The minimum absolute atomic E-state index is 0.186. The van der Waals surface area contributed by atoms with Gasteiger partial charge in [0.25, 0.3) is 0 Å². The summed E-state index contributed by atoms with van der Waals surface area (Å²) in [6, 6.07) is 0.317. The van der Waals surface area contributed by atoms with Crippen LogP contribution >= 0.6 is 0 Å². The summed E-state index contributed by atoms with van der Waals surface area (Å²) in [5.74, 6) is -0.860. The van der Waals surface area contributed by atoms with Gasteiger partial charge in [0.1, 0.15) is 0 Å². The molecule has 2 unspecified atom stereocenters. The molecule has 2 atom stereocenters. The molecule has 0 aromatic rings. The quantitative estimate of drug-likeness (QED) is 0.581. The number of carboxylic acids is 1. The lowest BCUT2D eigenvalue weighted by Gasteiger charge is -2.06. The number of hydrogen-bond donors (Lipinski definition) is 2. The molecule has 0 aliphatic carbocycles. The first-order valence-electron chi connectivity index (χ1n) is 6.02. The number of aliphatic carboxylic acids is 1. The number of rotatable bonds is 9. The van der Waals surface area contributed by atoms with Crippen LogP contribution < -0.4 is 5.73 Å². The fraction of sp³-hybridized carbons (Fsp3) is 0.917. The highest BCUT2D eigenvalue weighted by Gasteiger charge is 2.09. The van der Waals surface area contributed by atoms with Crippen molar-refractivity contribution in [3.8, 4) is 0 Å². The summed E-state index contributed by atoms with van der Waals surface area (Å²) in [5.41, 5.74) is 5.64. The van der Waals surface area contributed by atoms with E-state index in [2.05, 4.69) is 0 Å². The molecule has 3 heteroatoms. The second-order valence-electron chi connectivity index (χ2n) is 4.56. The molecule has 0 aromatic carbocycles. The zero-order valence-electron chi connectivity index (χ0n) is 10.0. The molecule has 15 heavy (non-hydrogen) atoms. The van der Waals surface area contributed by atoms with Gasteiger partial charge in [0.15, 0.2) is 0 Å². The van der Waals surface area contributed by atoms with E-state index in [1.807, 2.05) is 6.92 Å².